The molecule has 1 atom stereocenters. The zero-order valence-electron chi connectivity index (χ0n) is 17.3. The molecule has 0 bridgehead atoms. The van der Waals surface area contributed by atoms with Crippen LogP contribution >= 0.6 is 0 Å². The molecule has 0 aliphatic carbocycles. The Labute approximate surface area is 168 Å². The molecule has 28 heavy (non-hydrogen) atoms. The highest BCUT2D eigenvalue weighted by atomic mass is 16.5. The van der Waals surface area contributed by atoms with Crippen molar-refractivity contribution in [2.45, 2.75) is 46.1 Å². The molecule has 5 heteroatoms. The number of hydrogen-bond donors (Lipinski definition) is 1. The van der Waals surface area contributed by atoms with Crippen LogP contribution in [0.3, 0.4) is 0 Å². The van der Waals surface area contributed by atoms with E-state index in [1.54, 1.807) is 14.0 Å². The average molecular weight is 386 g/mol. The lowest BCUT2D eigenvalue weighted by Gasteiger charge is -2.17. The molecule has 0 heterocycles. The van der Waals surface area contributed by atoms with Gasteiger partial charge in [0.15, 0.2) is 17.6 Å². The molecule has 1 N–H and O–H groups in total. The lowest BCUT2D eigenvalue weighted by molar-refractivity contribution is -0.127. The van der Waals surface area contributed by atoms with Gasteiger partial charge in [-0.25, -0.2) is 0 Å². The van der Waals surface area contributed by atoms with E-state index in [1.165, 1.54) is 0 Å². The molecule has 2 rings (SSSR count). The van der Waals surface area contributed by atoms with Gasteiger partial charge in [-0.15, -0.1) is 0 Å². The molecule has 1 amide bonds. The molecule has 2 aromatic rings. The van der Waals surface area contributed by atoms with Crippen LogP contribution in [-0.2, 0) is 17.6 Å². The molecule has 0 radical (unpaired) electrons. The topological polar surface area (TPSA) is 56.8 Å². The lowest BCUT2D eigenvalue weighted by Crippen LogP contribution is -2.37. The fourth-order valence-corrected chi connectivity index (χ4v) is 2.94. The van der Waals surface area contributed by atoms with E-state index >= 15 is 0 Å². The van der Waals surface area contributed by atoms with Crippen molar-refractivity contribution in [1.82, 2.24) is 5.32 Å². The van der Waals surface area contributed by atoms with Crippen LogP contribution in [0.1, 0.15) is 38.3 Å². The van der Waals surface area contributed by atoms with Gasteiger partial charge in [0, 0.05) is 6.54 Å². The van der Waals surface area contributed by atoms with Gasteiger partial charge in [-0.2, -0.15) is 0 Å². The standard InChI is InChI=1S/C23H31NO4/c1-5-19-11-7-8-12-20(19)28-17(3)23(25)24-15-9-10-18-13-14-21(27-6-2)22(16-18)26-4/h7-8,11-14,16-17H,5-6,9-10,15H2,1-4H3,(H,24,25)/t17-/m1/s1. The number of methoxy groups -OCH3 is 1. The van der Waals surface area contributed by atoms with E-state index in [1.807, 2.05) is 49.4 Å². The molecule has 5 nitrogen and oxygen atoms in total. The highest BCUT2D eigenvalue weighted by Crippen LogP contribution is 2.28. The van der Waals surface area contributed by atoms with Crippen molar-refractivity contribution in [3.8, 4) is 17.2 Å². The Bertz CT molecular complexity index is 760. The number of aryl methyl sites for hydroxylation is 2. The van der Waals surface area contributed by atoms with E-state index in [4.69, 9.17) is 14.2 Å². The third-order valence-corrected chi connectivity index (χ3v) is 4.50. The first-order valence-electron chi connectivity index (χ1n) is 9.91. The van der Waals surface area contributed by atoms with Crippen LogP contribution in [0.2, 0.25) is 0 Å². The third-order valence-electron chi connectivity index (χ3n) is 4.50. The van der Waals surface area contributed by atoms with Crippen LogP contribution in [0.5, 0.6) is 17.2 Å². The van der Waals surface area contributed by atoms with Gasteiger partial charge in [-0.05, 0) is 62.4 Å². The summed E-state index contributed by atoms with van der Waals surface area (Å²) in [5.41, 5.74) is 2.25. The SMILES string of the molecule is CCOc1ccc(CCCNC(=O)[C@@H](C)Oc2ccccc2CC)cc1OC. The van der Waals surface area contributed by atoms with Crippen LogP contribution in [-0.4, -0.2) is 32.3 Å². The predicted octanol–water partition coefficient (Wildman–Crippen LogP) is 4.17. The Morgan fingerprint density at radius 2 is 1.86 bits per heavy atom. The van der Waals surface area contributed by atoms with Gasteiger partial charge in [-0.1, -0.05) is 31.2 Å². The Morgan fingerprint density at radius 3 is 2.57 bits per heavy atom. The summed E-state index contributed by atoms with van der Waals surface area (Å²) in [6.07, 6.45) is 2.02. The Hall–Kier alpha value is -2.69. The normalized spacial score (nSPS) is 11.6. The number of carbonyl (C=O) groups is 1. The van der Waals surface area contributed by atoms with E-state index in [0.717, 1.165) is 47.6 Å². The number of hydrogen-bond acceptors (Lipinski definition) is 4. The average Bonchev–Trinajstić information content (AvgIpc) is 2.72. The van der Waals surface area contributed by atoms with Crippen molar-refractivity contribution in [3.63, 3.8) is 0 Å². The number of para-hydroxylation sites is 1. The Balaban J connectivity index is 1.79. The molecule has 152 valence electrons. The summed E-state index contributed by atoms with van der Waals surface area (Å²) >= 11 is 0. The van der Waals surface area contributed by atoms with Crippen LogP contribution in [0.4, 0.5) is 0 Å². The lowest BCUT2D eigenvalue weighted by atomic mass is 10.1. The van der Waals surface area contributed by atoms with Gasteiger partial charge in [0.25, 0.3) is 5.91 Å². The molecular formula is C23H31NO4. The van der Waals surface area contributed by atoms with Crippen molar-refractivity contribution in [3.05, 3.63) is 53.6 Å². The van der Waals surface area contributed by atoms with Crippen LogP contribution < -0.4 is 19.5 Å². The van der Waals surface area contributed by atoms with Crippen molar-refractivity contribution in [2.24, 2.45) is 0 Å². The number of ether oxygens (including phenoxy) is 3. The Kier molecular flexibility index (Phi) is 8.66. The maximum Gasteiger partial charge on any atom is 0.260 e. The second-order valence-corrected chi connectivity index (χ2v) is 6.53. The Morgan fingerprint density at radius 1 is 1.07 bits per heavy atom. The second-order valence-electron chi connectivity index (χ2n) is 6.53. The highest BCUT2D eigenvalue weighted by molar-refractivity contribution is 5.80. The molecule has 0 fully saturated rings. The molecule has 0 aromatic heterocycles. The molecule has 0 spiro atoms. The van der Waals surface area contributed by atoms with Gasteiger partial charge in [0.05, 0.1) is 13.7 Å². The quantitative estimate of drug-likeness (QED) is 0.590. The zero-order valence-corrected chi connectivity index (χ0v) is 17.3. The number of rotatable bonds is 11. The maximum atomic E-state index is 12.3. The fourth-order valence-electron chi connectivity index (χ4n) is 2.94. The van der Waals surface area contributed by atoms with Crippen molar-refractivity contribution in [2.75, 3.05) is 20.3 Å². The minimum atomic E-state index is -0.529. The first-order valence-corrected chi connectivity index (χ1v) is 9.91. The van der Waals surface area contributed by atoms with E-state index < -0.39 is 6.10 Å². The minimum absolute atomic E-state index is 0.102. The smallest absolute Gasteiger partial charge is 0.260 e. The van der Waals surface area contributed by atoms with Crippen molar-refractivity contribution >= 4 is 5.91 Å². The fraction of sp³-hybridized carbons (Fsp3) is 0.435. The summed E-state index contributed by atoms with van der Waals surface area (Å²) in [6.45, 7) is 6.99. The molecule has 0 saturated carbocycles. The van der Waals surface area contributed by atoms with Gasteiger partial charge in [0.2, 0.25) is 0 Å². The van der Waals surface area contributed by atoms with Crippen LogP contribution in [0.15, 0.2) is 42.5 Å². The first-order chi connectivity index (χ1) is 13.6. The summed E-state index contributed by atoms with van der Waals surface area (Å²) in [5, 5.41) is 2.95. The largest absolute Gasteiger partial charge is 0.493 e. The number of carbonyl (C=O) groups excluding carboxylic acids is 1. The molecule has 0 aliphatic heterocycles. The van der Waals surface area contributed by atoms with E-state index in [0.29, 0.717) is 13.2 Å². The van der Waals surface area contributed by atoms with Gasteiger partial charge < -0.3 is 19.5 Å². The molecule has 0 saturated heterocycles. The summed E-state index contributed by atoms with van der Waals surface area (Å²) in [5.74, 6) is 2.16. The van der Waals surface area contributed by atoms with E-state index in [2.05, 4.69) is 12.2 Å². The van der Waals surface area contributed by atoms with Gasteiger partial charge in [-0.3, -0.25) is 4.79 Å². The summed E-state index contributed by atoms with van der Waals surface area (Å²) in [7, 11) is 1.64. The van der Waals surface area contributed by atoms with Crippen molar-refractivity contribution < 1.29 is 19.0 Å². The highest BCUT2D eigenvalue weighted by Gasteiger charge is 2.15. The maximum absolute atomic E-state index is 12.3. The van der Waals surface area contributed by atoms with Crippen molar-refractivity contribution in [1.29, 1.82) is 0 Å². The predicted molar refractivity (Wildman–Crippen MR) is 111 cm³/mol. The van der Waals surface area contributed by atoms with Gasteiger partial charge in [0.1, 0.15) is 5.75 Å². The monoisotopic (exact) mass is 385 g/mol. The first kappa shape index (κ1) is 21.6. The van der Waals surface area contributed by atoms with Crippen LogP contribution in [0, 0.1) is 0 Å². The van der Waals surface area contributed by atoms with Gasteiger partial charge >= 0.3 is 0 Å². The summed E-state index contributed by atoms with van der Waals surface area (Å²) in [4.78, 5) is 12.3. The number of nitrogens with one attached hydrogen (secondary N) is 1. The summed E-state index contributed by atoms with van der Waals surface area (Å²) in [6, 6.07) is 13.8. The number of amides is 1. The molecule has 2 aromatic carbocycles. The van der Waals surface area contributed by atoms with E-state index in [-0.39, 0.29) is 5.91 Å². The zero-order chi connectivity index (χ0) is 20.4. The third kappa shape index (κ3) is 6.19. The minimum Gasteiger partial charge on any atom is -0.493 e. The summed E-state index contributed by atoms with van der Waals surface area (Å²) < 4.78 is 16.8. The molecular weight excluding hydrogens is 354 g/mol. The second kappa shape index (κ2) is 11.2. The number of benzene rings is 2. The molecule has 0 aliphatic rings. The van der Waals surface area contributed by atoms with E-state index in [9.17, 15) is 4.79 Å². The molecule has 0 unspecified atom stereocenters. The van der Waals surface area contributed by atoms with Crippen LogP contribution in [0.25, 0.3) is 0 Å².